The lowest BCUT2D eigenvalue weighted by Crippen LogP contribution is -2.55. The molecular weight excluding hydrogens is 678 g/mol. The van der Waals surface area contributed by atoms with Gasteiger partial charge in [0.25, 0.3) is 0 Å². The number of Topliss-reactive ketones (excluding diaryl/α,β-unsaturated/α-hetero) is 1. The molecule has 52 heavy (non-hydrogen) atoms. The number of ether oxygens (including phenoxy) is 2. The Morgan fingerprint density at radius 3 is 2.08 bits per heavy atom. The fourth-order valence-corrected chi connectivity index (χ4v) is 5.33. The maximum atomic E-state index is 13.7. The molecule has 0 radical (unpaired) electrons. The van der Waals surface area contributed by atoms with Gasteiger partial charge in [-0.1, -0.05) is 39.8 Å². The monoisotopic (exact) mass is 735 g/mol. The highest BCUT2D eigenvalue weighted by Crippen LogP contribution is 2.22. The number of aryl methyl sites for hydroxylation is 1. The van der Waals surface area contributed by atoms with Crippen LogP contribution in [0.25, 0.3) is 0 Å². The predicted molar refractivity (Wildman–Crippen MR) is 188 cm³/mol. The minimum absolute atomic E-state index is 0.0120. The van der Waals surface area contributed by atoms with Crippen molar-refractivity contribution in [2.75, 3.05) is 52.5 Å². The first-order valence-corrected chi connectivity index (χ1v) is 17.9. The normalized spacial score (nSPS) is 15.5. The summed E-state index contributed by atoms with van der Waals surface area (Å²) in [5.41, 5.74) is -0.927. The fourth-order valence-electron chi connectivity index (χ4n) is 5.33. The quantitative estimate of drug-likeness (QED) is 0.0754. The lowest BCUT2D eigenvalue weighted by Gasteiger charge is -2.32. The number of carbonyl (C=O) groups is 7. The van der Waals surface area contributed by atoms with Gasteiger partial charge in [-0.25, -0.2) is 0 Å². The van der Waals surface area contributed by atoms with E-state index in [1.54, 1.807) is 13.1 Å². The number of aromatic amines is 1. The number of hydrogen-bond acceptors (Lipinski definition) is 12. The van der Waals surface area contributed by atoms with E-state index < -0.39 is 53.7 Å². The molecule has 18 nitrogen and oxygen atoms in total. The molecule has 0 aromatic carbocycles. The summed E-state index contributed by atoms with van der Waals surface area (Å²) in [6, 6.07) is -1.99. The maximum absolute atomic E-state index is 13.7. The Morgan fingerprint density at radius 1 is 0.865 bits per heavy atom. The second-order valence-corrected chi connectivity index (χ2v) is 13.9. The minimum atomic E-state index is -1.56. The van der Waals surface area contributed by atoms with Crippen LogP contribution in [0, 0.1) is 11.8 Å². The third-order valence-electron chi connectivity index (χ3n) is 8.32. The van der Waals surface area contributed by atoms with Gasteiger partial charge in [0.1, 0.15) is 6.04 Å². The van der Waals surface area contributed by atoms with Crippen molar-refractivity contribution in [2.45, 2.75) is 97.8 Å². The van der Waals surface area contributed by atoms with E-state index in [1.807, 2.05) is 32.6 Å². The van der Waals surface area contributed by atoms with Crippen LogP contribution in [0.3, 0.4) is 0 Å². The molecule has 0 saturated carbocycles. The summed E-state index contributed by atoms with van der Waals surface area (Å²) in [6.07, 6.45) is 2.62. The van der Waals surface area contributed by atoms with Gasteiger partial charge in [-0.05, 0) is 38.0 Å². The summed E-state index contributed by atoms with van der Waals surface area (Å²) in [7, 11) is 0. The van der Waals surface area contributed by atoms with Crippen LogP contribution in [-0.4, -0.2) is 132 Å². The molecule has 1 aliphatic rings. The van der Waals surface area contributed by atoms with Crippen LogP contribution in [0.4, 0.5) is 0 Å². The molecule has 2 rings (SSSR count). The van der Waals surface area contributed by atoms with Crippen LogP contribution < -0.4 is 26.6 Å². The first kappa shape index (κ1) is 43.7. The SMILES string of the molecule is CC[C@@](C)(OC(=O)CCNC(=O)CCc1c[nH]nn1)C(=O)[C@H](CC(C)C)NC(=O)CNC(=O)[C@H](CC(C)C)NC(=O)CNC(=O)CN1CCOCC1. The predicted octanol–water partition coefficient (Wildman–Crippen LogP) is -0.849. The van der Waals surface area contributed by atoms with Gasteiger partial charge in [0.05, 0.1) is 51.0 Å². The van der Waals surface area contributed by atoms with Crippen molar-refractivity contribution in [1.29, 1.82) is 0 Å². The lowest BCUT2D eigenvalue weighted by atomic mass is 9.88. The molecule has 0 spiro atoms. The van der Waals surface area contributed by atoms with Gasteiger partial charge in [-0.2, -0.15) is 0 Å². The molecule has 0 aliphatic carbocycles. The van der Waals surface area contributed by atoms with Crippen LogP contribution >= 0.6 is 0 Å². The Kier molecular flexibility index (Phi) is 18.9. The number of amides is 5. The van der Waals surface area contributed by atoms with E-state index in [1.165, 1.54) is 6.92 Å². The number of carbonyl (C=O) groups excluding carboxylic acids is 7. The summed E-state index contributed by atoms with van der Waals surface area (Å²) in [6.45, 7) is 12.3. The second kappa shape index (κ2) is 22.5. The molecule has 3 atom stereocenters. The summed E-state index contributed by atoms with van der Waals surface area (Å²) >= 11 is 0. The number of aromatic nitrogens is 3. The number of H-pyrrole nitrogens is 1. The van der Waals surface area contributed by atoms with Crippen LogP contribution in [0.15, 0.2) is 6.20 Å². The molecular formula is C34H57N9O9. The maximum Gasteiger partial charge on any atom is 0.308 e. The lowest BCUT2D eigenvalue weighted by molar-refractivity contribution is -0.167. The average molecular weight is 736 g/mol. The number of nitrogens with one attached hydrogen (secondary N) is 6. The molecule has 18 heteroatoms. The van der Waals surface area contributed by atoms with E-state index in [0.717, 1.165) is 0 Å². The van der Waals surface area contributed by atoms with E-state index >= 15 is 0 Å². The van der Waals surface area contributed by atoms with Crippen molar-refractivity contribution < 1.29 is 43.0 Å². The number of morpholine rings is 1. The van der Waals surface area contributed by atoms with Gasteiger partial charge in [0, 0.05) is 38.7 Å². The number of ketones is 1. The molecule has 2 heterocycles. The van der Waals surface area contributed by atoms with Crippen molar-refractivity contribution in [3.63, 3.8) is 0 Å². The van der Waals surface area contributed by atoms with Crippen molar-refractivity contribution >= 4 is 41.3 Å². The van der Waals surface area contributed by atoms with Crippen LogP contribution in [0.2, 0.25) is 0 Å². The highest BCUT2D eigenvalue weighted by molar-refractivity contribution is 5.97. The topological polar surface area (TPSA) is 243 Å². The Balaban J connectivity index is 1.89. The van der Waals surface area contributed by atoms with E-state index in [2.05, 4.69) is 42.0 Å². The summed E-state index contributed by atoms with van der Waals surface area (Å²) in [5.74, 6) is -3.59. The molecule has 1 aliphatic heterocycles. The zero-order valence-electron chi connectivity index (χ0n) is 31.3. The van der Waals surface area contributed by atoms with Gasteiger partial charge in [0.2, 0.25) is 29.5 Å². The van der Waals surface area contributed by atoms with Crippen LogP contribution in [0.1, 0.15) is 79.3 Å². The number of rotatable bonds is 23. The van der Waals surface area contributed by atoms with E-state index in [4.69, 9.17) is 9.47 Å². The Hall–Kier alpha value is -4.45. The zero-order valence-corrected chi connectivity index (χ0v) is 31.3. The van der Waals surface area contributed by atoms with Crippen molar-refractivity contribution in [1.82, 2.24) is 46.9 Å². The highest BCUT2D eigenvalue weighted by atomic mass is 16.6. The minimum Gasteiger partial charge on any atom is -0.451 e. The zero-order chi connectivity index (χ0) is 38.7. The molecule has 1 saturated heterocycles. The molecule has 5 amide bonds. The summed E-state index contributed by atoms with van der Waals surface area (Å²) in [4.78, 5) is 91.6. The number of hydrogen-bond donors (Lipinski definition) is 6. The smallest absolute Gasteiger partial charge is 0.308 e. The Bertz CT molecular complexity index is 1330. The highest BCUT2D eigenvalue weighted by Gasteiger charge is 2.40. The standard InChI is InChI=1S/C34H57N9O9/c1-7-34(6,52-31(48)10-11-35-27(44)9-8-24-18-38-42-41-24)32(49)25(16-22(2)3)39-29(46)20-37-33(50)26(17-23(4)5)40-28(45)19-36-30(47)21-43-12-14-51-15-13-43/h18,22-23,25-26H,7-17,19-21H2,1-6H3,(H,35,44)(H,36,47)(H,37,50)(H,39,46)(H,40,45)(H,38,41,42)/t25-,26-,34+/m0/s1. The molecule has 1 aromatic heterocycles. The summed E-state index contributed by atoms with van der Waals surface area (Å²) in [5, 5.41) is 23.0. The molecule has 1 aromatic rings. The first-order valence-electron chi connectivity index (χ1n) is 17.9. The van der Waals surface area contributed by atoms with E-state index in [0.29, 0.717) is 38.4 Å². The molecule has 1 fully saturated rings. The third kappa shape index (κ3) is 16.7. The molecule has 6 N–H and O–H groups in total. The van der Waals surface area contributed by atoms with E-state index in [-0.39, 0.29) is 75.4 Å². The fraction of sp³-hybridized carbons (Fsp3) is 0.735. The Labute approximate surface area is 305 Å². The van der Waals surface area contributed by atoms with Gasteiger partial charge in [-0.15, -0.1) is 5.10 Å². The van der Waals surface area contributed by atoms with Crippen molar-refractivity contribution in [3.05, 3.63) is 11.9 Å². The van der Waals surface area contributed by atoms with Crippen molar-refractivity contribution in [3.8, 4) is 0 Å². The van der Waals surface area contributed by atoms with Gasteiger partial charge in [0.15, 0.2) is 11.4 Å². The number of esters is 1. The molecule has 292 valence electrons. The third-order valence-corrected chi connectivity index (χ3v) is 8.32. The Morgan fingerprint density at radius 2 is 1.48 bits per heavy atom. The van der Waals surface area contributed by atoms with Crippen LogP contribution in [0.5, 0.6) is 0 Å². The van der Waals surface area contributed by atoms with Gasteiger partial charge >= 0.3 is 5.97 Å². The van der Waals surface area contributed by atoms with Gasteiger partial charge < -0.3 is 36.1 Å². The second-order valence-electron chi connectivity index (χ2n) is 13.9. The van der Waals surface area contributed by atoms with Crippen molar-refractivity contribution in [2.24, 2.45) is 11.8 Å². The summed E-state index contributed by atoms with van der Waals surface area (Å²) < 4.78 is 10.9. The largest absolute Gasteiger partial charge is 0.451 e. The molecule has 0 bridgehead atoms. The van der Waals surface area contributed by atoms with E-state index in [9.17, 15) is 33.6 Å². The van der Waals surface area contributed by atoms with Gasteiger partial charge in [-0.3, -0.25) is 43.6 Å². The average Bonchev–Trinajstić information content (AvgIpc) is 3.62. The number of nitrogens with zero attached hydrogens (tertiary/aromatic N) is 3. The van der Waals surface area contributed by atoms with Crippen LogP contribution in [-0.2, 0) is 49.5 Å². The molecule has 0 unspecified atom stereocenters. The first-order chi connectivity index (χ1) is 24.6.